The lowest BCUT2D eigenvalue weighted by Gasteiger charge is -2.19. The number of rotatable bonds is 4. The smallest absolute Gasteiger partial charge is 0.162 e. The normalized spacial score (nSPS) is 11.5. The predicted octanol–water partition coefficient (Wildman–Crippen LogP) is 2.54. The van der Waals surface area contributed by atoms with Crippen molar-refractivity contribution in [2.24, 2.45) is 5.41 Å². The summed E-state index contributed by atoms with van der Waals surface area (Å²) in [6.45, 7) is 8.08. The number of hydrogen-bond acceptors (Lipinski definition) is 3. The lowest BCUT2D eigenvalue weighted by atomic mass is 9.97. The fourth-order valence-electron chi connectivity index (χ4n) is 1.45. The van der Waals surface area contributed by atoms with Crippen LogP contribution >= 0.6 is 0 Å². The number of methoxy groups -OCH3 is 1. The molecule has 16 heavy (non-hydrogen) atoms. The summed E-state index contributed by atoms with van der Waals surface area (Å²) in [6, 6.07) is 5.53. The van der Waals surface area contributed by atoms with Crippen LogP contribution in [0.25, 0.3) is 0 Å². The van der Waals surface area contributed by atoms with E-state index in [2.05, 4.69) is 26.1 Å². The van der Waals surface area contributed by atoms with Gasteiger partial charge in [-0.1, -0.05) is 32.9 Å². The van der Waals surface area contributed by atoms with Crippen LogP contribution in [0.1, 0.15) is 26.3 Å². The Balaban J connectivity index is 2.61. The largest absolute Gasteiger partial charge is 0.504 e. The topological polar surface area (TPSA) is 41.5 Å². The number of benzene rings is 1. The van der Waals surface area contributed by atoms with E-state index in [9.17, 15) is 5.11 Å². The van der Waals surface area contributed by atoms with Crippen molar-refractivity contribution in [3.05, 3.63) is 23.8 Å². The van der Waals surface area contributed by atoms with Gasteiger partial charge in [-0.05, 0) is 11.5 Å². The van der Waals surface area contributed by atoms with E-state index in [1.807, 2.05) is 12.1 Å². The highest BCUT2D eigenvalue weighted by molar-refractivity contribution is 5.45. The molecule has 0 bridgehead atoms. The Morgan fingerprint density at radius 2 is 2.00 bits per heavy atom. The third kappa shape index (κ3) is 3.74. The Morgan fingerprint density at radius 1 is 1.31 bits per heavy atom. The van der Waals surface area contributed by atoms with Crippen LogP contribution < -0.4 is 10.1 Å². The van der Waals surface area contributed by atoms with Crippen molar-refractivity contribution in [1.29, 1.82) is 0 Å². The Labute approximate surface area is 97.4 Å². The van der Waals surface area contributed by atoms with Gasteiger partial charge in [-0.15, -0.1) is 0 Å². The molecule has 3 nitrogen and oxygen atoms in total. The monoisotopic (exact) mass is 223 g/mol. The first kappa shape index (κ1) is 12.8. The fraction of sp³-hybridized carbons (Fsp3) is 0.538. The molecule has 0 radical (unpaired) electrons. The minimum atomic E-state index is 0.228. The molecule has 0 saturated heterocycles. The number of aromatic hydroxyl groups is 1. The van der Waals surface area contributed by atoms with Crippen molar-refractivity contribution in [2.75, 3.05) is 13.7 Å². The fourth-order valence-corrected chi connectivity index (χ4v) is 1.45. The maximum atomic E-state index is 9.85. The van der Waals surface area contributed by atoms with E-state index in [-0.39, 0.29) is 11.2 Å². The van der Waals surface area contributed by atoms with Gasteiger partial charge in [0, 0.05) is 18.7 Å². The Hall–Kier alpha value is -1.22. The van der Waals surface area contributed by atoms with Crippen LogP contribution in [0, 0.1) is 5.41 Å². The van der Waals surface area contributed by atoms with Gasteiger partial charge in [0.25, 0.3) is 0 Å². The van der Waals surface area contributed by atoms with Crippen LogP contribution in [0.15, 0.2) is 18.2 Å². The standard InChI is InChI=1S/C13H21NO2/c1-13(2,3)9-14-8-10-6-5-7-11(16-4)12(10)15/h5-7,14-15H,8-9H2,1-4H3. The predicted molar refractivity (Wildman–Crippen MR) is 65.8 cm³/mol. The first-order valence-electron chi connectivity index (χ1n) is 5.49. The highest BCUT2D eigenvalue weighted by atomic mass is 16.5. The van der Waals surface area contributed by atoms with Crippen LogP contribution in [0.2, 0.25) is 0 Å². The number of hydrogen-bond donors (Lipinski definition) is 2. The maximum absolute atomic E-state index is 9.85. The second-order valence-electron chi connectivity index (χ2n) is 5.13. The highest BCUT2D eigenvalue weighted by Gasteiger charge is 2.11. The third-order valence-electron chi connectivity index (χ3n) is 2.27. The summed E-state index contributed by atoms with van der Waals surface area (Å²) >= 11 is 0. The van der Waals surface area contributed by atoms with Crippen molar-refractivity contribution in [1.82, 2.24) is 5.32 Å². The average Bonchev–Trinajstić information content (AvgIpc) is 2.19. The average molecular weight is 223 g/mol. The zero-order valence-corrected chi connectivity index (χ0v) is 10.5. The van der Waals surface area contributed by atoms with Crippen LogP contribution in [0.5, 0.6) is 11.5 Å². The van der Waals surface area contributed by atoms with E-state index in [1.54, 1.807) is 13.2 Å². The Bertz CT molecular complexity index is 342. The van der Waals surface area contributed by atoms with Gasteiger partial charge < -0.3 is 15.2 Å². The molecule has 0 heterocycles. The summed E-state index contributed by atoms with van der Waals surface area (Å²) in [4.78, 5) is 0. The summed E-state index contributed by atoms with van der Waals surface area (Å²) in [7, 11) is 1.56. The lowest BCUT2D eigenvalue weighted by molar-refractivity contribution is 0.361. The quantitative estimate of drug-likeness (QED) is 0.824. The SMILES string of the molecule is COc1cccc(CNCC(C)(C)C)c1O. The molecule has 0 aliphatic carbocycles. The molecule has 1 aromatic rings. The first-order valence-corrected chi connectivity index (χ1v) is 5.49. The zero-order valence-electron chi connectivity index (χ0n) is 10.5. The summed E-state index contributed by atoms with van der Waals surface area (Å²) in [6.07, 6.45) is 0. The first-order chi connectivity index (χ1) is 7.44. The maximum Gasteiger partial charge on any atom is 0.162 e. The van der Waals surface area contributed by atoms with Crippen LogP contribution in [0.4, 0.5) is 0 Å². The number of para-hydroxylation sites is 1. The molecular weight excluding hydrogens is 202 g/mol. The molecule has 90 valence electrons. The minimum absolute atomic E-state index is 0.228. The molecule has 0 spiro atoms. The minimum Gasteiger partial charge on any atom is -0.504 e. The van der Waals surface area contributed by atoms with Crippen molar-refractivity contribution >= 4 is 0 Å². The number of nitrogens with one attached hydrogen (secondary N) is 1. The second-order valence-corrected chi connectivity index (χ2v) is 5.13. The van der Waals surface area contributed by atoms with Crippen LogP contribution in [0.3, 0.4) is 0 Å². The van der Waals surface area contributed by atoms with Crippen molar-refractivity contribution in [3.63, 3.8) is 0 Å². The Kier molecular flexibility index (Phi) is 4.19. The van der Waals surface area contributed by atoms with Crippen LogP contribution in [-0.2, 0) is 6.54 Å². The molecule has 0 aromatic heterocycles. The number of phenolic OH excluding ortho intramolecular Hbond substituents is 1. The van der Waals surface area contributed by atoms with E-state index in [0.29, 0.717) is 12.3 Å². The molecule has 3 heteroatoms. The third-order valence-corrected chi connectivity index (χ3v) is 2.27. The molecule has 0 aliphatic rings. The summed E-state index contributed by atoms with van der Waals surface area (Å²) in [5.74, 6) is 0.751. The van der Waals surface area contributed by atoms with Gasteiger partial charge in [0.05, 0.1) is 7.11 Å². The van der Waals surface area contributed by atoms with Crippen molar-refractivity contribution < 1.29 is 9.84 Å². The second kappa shape index (κ2) is 5.21. The van der Waals surface area contributed by atoms with E-state index < -0.39 is 0 Å². The van der Waals surface area contributed by atoms with Crippen LogP contribution in [-0.4, -0.2) is 18.8 Å². The molecule has 0 fully saturated rings. The molecule has 1 aromatic carbocycles. The van der Waals surface area contributed by atoms with E-state index in [4.69, 9.17) is 4.74 Å². The molecule has 0 unspecified atom stereocenters. The van der Waals surface area contributed by atoms with E-state index in [0.717, 1.165) is 12.1 Å². The highest BCUT2D eigenvalue weighted by Crippen LogP contribution is 2.29. The Morgan fingerprint density at radius 3 is 2.56 bits per heavy atom. The van der Waals surface area contributed by atoms with E-state index in [1.165, 1.54) is 0 Å². The lowest BCUT2D eigenvalue weighted by Crippen LogP contribution is -2.26. The van der Waals surface area contributed by atoms with Crippen molar-refractivity contribution in [3.8, 4) is 11.5 Å². The molecular formula is C13H21NO2. The van der Waals surface area contributed by atoms with Gasteiger partial charge in [-0.3, -0.25) is 0 Å². The summed E-state index contributed by atoms with van der Waals surface area (Å²) in [5, 5.41) is 13.2. The van der Waals surface area contributed by atoms with Gasteiger partial charge >= 0.3 is 0 Å². The van der Waals surface area contributed by atoms with Crippen molar-refractivity contribution in [2.45, 2.75) is 27.3 Å². The number of phenols is 1. The van der Waals surface area contributed by atoms with Gasteiger partial charge in [-0.25, -0.2) is 0 Å². The van der Waals surface area contributed by atoms with Gasteiger partial charge in [0.2, 0.25) is 0 Å². The number of ether oxygens (including phenoxy) is 1. The molecule has 1 rings (SSSR count). The molecule has 0 amide bonds. The van der Waals surface area contributed by atoms with Gasteiger partial charge in [0.15, 0.2) is 11.5 Å². The summed E-state index contributed by atoms with van der Waals surface area (Å²) < 4.78 is 5.06. The molecule has 0 atom stereocenters. The van der Waals surface area contributed by atoms with E-state index >= 15 is 0 Å². The van der Waals surface area contributed by atoms with Gasteiger partial charge in [-0.2, -0.15) is 0 Å². The molecule has 0 aliphatic heterocycles. The molecule has 0 saturated carbocycles. The summed E-state index contributed by atoms with van der Waals surface area (Å²) in [5.41, 5.74) is 1.11. The van der Waals surface area contributed by atoms with Gasteiger partial charge in [0.1, 0.15) is 0 Å². The molecule has 2 N–H and O–H groups in total. The zero-order chi connectivity index (χ0) is 12.2.